The zero-order valence-corrected chi connectivity index (χ0v) is 17.9. The van der Waals surface area contributed by atoms with E-state index in [1.165, 1.54) is 0 Å². The topological polar surface area (TPSA) is 101 Å². The molecule has 2 aliphatic rings. The van der Waals surface area contributed by atoms with Gasteiger partial charge in [-0.05, 0) is 56.0 Å². The lowest BCUT2D eigenvalue weighted by Gasteiger charge is -2.22. The number of carbonyl (C=O) groups excluding carboxylic acids is 1. The van der Waals surface area contributed by atoms with E-state index in [-0.39, 0.29) is 18.2 Å². The monoisotopic (exact) mass is 430 g/mol. The Bertz CT molecular complexity index is 1230. The molecule has 0 N–H and O–H groups in total. The van der Waals surface area contributed by atoms with Crippen LogP contribution >= 0.6 is 0 Å². The van der Waals surface area contributed by atoms with Crippen molar-refractivity contribution < 1.29 is 18.8 Å². The average Bonchev–Trinajstić information content (AvgIpc) is 3.52. The van der Waals surface area contributed by atoms with Gasteiger partial charge in [0.1, 0.15) is 18.4 Å². The minimum atomic E-state index is -0.256. The Balaban J connectivity index is 1.46. The molecule has 1 aromatic heterocycles. The summed E-state index contributed by atoms with van der Waals surface area (Å²) in [4.78, 5) is 18.4. The van der Waals surface area contributed by atoms with E-state index in [0.717, 1.165) is 29.5 Å². The Labute approximate surface area is 185 Å². The van der Waals surface area contributed by atoms with Crippen molar-refractivity contribution in [2.75, 3.05) is 13.2 Å². The van der Waals surface area contributed by atoms with Crippen LogP contribution in [0.1, 0.15) is 43.0 Å². The molecule has 1 aliphatic heterocycles. The lowest BCUT2D eigenvalue weighted by atomic mass is 10.0. The van der Waals surface area contributed by atoms with Gasteiger partial charge in [0.05, 0.1) is 24.3 Å². The molecule has 32 heavy (non-hydrogen) atoms. The first-order valence-electron chi connectivity index (χ1n) is 10.7. The van der Waals surface area contributed by atoms with Crippen molar-refractivity contribution in [2.24, 2.45) is 0 Å². The van der Waals surface area contributed by atoms with Gasteiger partial charge < -0.3 is 14.0 Å². The summed E-state index contributed by atoms with van der Waals surface area (Å²) < 4.78 is 16.3. The first-order valence-corrected chi connectivity index (χ1v) is 10.7. The van der Waals surface area contributed by atoms with E-state index in [9.17, 15) is 10.1 Å². The summed E-state index contributed by atoms with van der Waals surface area (Å²) in [5.74, 6) is 1.35. The largest absolute Gasteiger partial charge is 0.490 e. The molecule has 8 heteroatoms. The highest BCUT2D eigenvalue weighted by Crippen LogP contribution is 2.41. The smallest absolute Gasteiger partial charge is 0.410 e. The number of hydrogen-bond donors (Lipinski definition) is 0. The van der Waals surface area contributed by atoms with Gasteiger partial charge in [0.15, 0.2) is 0 Å². The van der Waals surface area contributed by atoms with E-state index in [2.05, 4.69) is 22.3 Å². The molecule has 0 unspecified atom stereocenters. The predicted molar refractivity (Wildman–Crippen MR) is 115 cm³/mol. The molecule has 0 radical (unpaired) electrons. The Hall–Kier alpha value is -3.86. The quantitative estimate of drug-likeness (QED) is 0.587. The van der Waals surface area contributed by atoms with Gasteiger partial charge >= 0.3 is 6.09 Å². The molecule has 0 saturated carbocycles. The maximum Gasteiger partial charge on any atom is 0.410 e. The fraction of sp³-hybridized carbons (Fsp3) is 0.333. The van der Waals surface area contributed by atoms with Gasteiger partial charge in [-0.25, -0.2) is 4.79 Å². The van der Waals surface area contributed by atoms with Crippen LogP contribution in [-0.2, 0) is 11.2 Å². The number of cyclic esters (lactones) is 1. The van der Waals surface area contributed by atoms with E-state index in [1.54, 1.807) is 23.1 Å². The first kappa shape index (κ1) is 20.1. The zero-order chi connectivity index (χ0) is 22.2. The van der Waals surface area contributed by atoms with Crippen LogP contribution in [0.2, 0.25) is 0 Å². The highest BCUT2D eigenvalue weighted by atomic mass is 16.6. The van der Waals surface area contributed by atoms with Crippen LogP contribution in [0.25, 0.3) is 22.8 Å². The normalized spacial score (nSPS) is 17.4. The Morgan fingerprint density at radius 1 is 1.28 bits per heavy atom. The van der Waals surface area contributed by atoms with Gasteiger partial charge in [-0.1, -0.05) is 23.4 Å². The fourth-order valence-corrected chi connectivity index (χ4v) is 4.41. The molecule has 1 amide bonds. The van der Waals surface area contributed by atoms with E-state index >= 15 is 0 Å². The van der Waals surface area contributed by atoms with E-state index < -0.39 is 0 Å². The number of fused-ring (bicyclic) bond motifs is 1. The summed E-state index contributed by atoms with van der Waals surface area (Å²) in [6.07, 6.45) is 1.38. The van der Waals surface area contributed by atoms with Crippen LogP contribution in [0.15, 0.2) is 40.9 Å². The molecule has 2 heterocycles. The second-order valence-electron chi connectivity index (χ2n) is 8.15. The molecule has 0 spiro atoms. The summed E-state index contributed by atoms with van der Waals surface area (Å²) in [5, 5.41) is 13.7. The van der Waals surface area contributed by atoms with Crippen molar-refractivity contribution in [1.29, 1.82) is 5.26 Å². The lowest BCUT2D eigenvalue weighted by Crippen LogP contribution is -2.28. The number of aromatic nitrogens is 2. The second kappa shape index (κ2) is 8.00. The van der Waals surface area contributed by atoms with Gasteiger partial charge in [0.2, 0.25) is 5.82 Å². The Morgan fingerprint density at radius 3 is 2.91 bits per heavy atom. The number of nitriles is 1. The highest BCUT2D eigenvalue weighted by molar-refractivity contribution is 5.72. The van der Waals surface area contributed by atoms with Gasteiger partial charge in [0, 0.05) is 11.1 Å². The predicted octanol–water partition coefficient (Wildman–Crippen LogP) is 4.50. The van der Waals surface area contributed by atoms with Crippen LogP contribution in [0.4, 0.5) is 4.79 Å². The van der Waals surface area contributed by atoms with Gasteiger partial charge in [0.25, 0.3) is 5.89 Å². The van der Waals surface area contributed by atoms with Crippen LogP contribution < -0.4 is 4.74 Å². The maximum absolute atomic E-state index is 12.1. The number of nitrogens with zero attached hydrogens (tertiary/aromatic N) is 4. The molecule has 2 aromatic carbocycles. The molecule has 1 saturated heterocycles. The summed E-state index contributed by atoms with van der Waals surface area (Å²) in [6, 6.07) is 13.4. The molecule has 162 valence electrons. The molecular formula is C24H22N4O4. The molecule has 1 aliphatic carbocycles. The first-order chi connectivity index (χ1) is 15.5. The summed E-state index contributed by atoms with van der Waals surface area (Å²) in [6.45, 7) is 4.87. The Morgan fingerprint density at radius 2 is 2.16 bits per heavy atom. The van der Waals surface area contributed by atoms with Gasteiger partial charge in [-0.15, -0.1) is 0 Å². The molecular weight excluding hydrogens is 408 g/mol. The summed E-state index contributed by atoms with van der Waals surface area (Å²) in [7, 11) is 0. The molecule has 1 fully saturated rings. The number of carbonyl (C=O) groups is 1. The van der Waals surface area contributed by atoms with Crippen LogP contribution in [0, 0.1) is 11.3 Å². The SMILES string of the molecule is CC(C)Oc1ccc(-c2nc(-c3cccc4c3CC[C@H]4N3CCOC3=O)no2)cc1C#N. The van der Waals surface area contributed by atoms with Gasteiger partial charge in [-0.2, -0.15) is 10.2 Å². The molecule has 3 aromatic rings. The number of hydrogen-bond acceptors (Lipinski definition) is 7. The maximum atomic E-state index is 12.1. The summed E-state index contributed by atoms with van der Waals surface area (Å²) >= 11 is 0. The minimum Gasteiger partial charge on any atom is -0.490 e. The minimum absolute atomic E-state index is 0.0120. The third-order valence-corrected chi connectivity index (χ3v) is 5.78. The molecule has 0 bridgehead atoms. The molecule has 1 atom stereocenters. The number of amides is 1. The van der Waals surface area contributed by atoms with Crippen LogP contribution in [0.3, 0.4) is 0 Å². The average molecular weight is 430 g/mol. The van der Waals surface area contributed by atoms with Crippen LogP contribution in [0.5, 0.6) is 5.75 Å². The lowest BCUT2D eigenvalue weighted by molar-refractivity contribution is 0.147. The van der Waals surface area contributed by atoms with Crippen molar-refractivity contribution in [1.82, 2.24) is 15.0 Å². The van der Waals surface area contributed by atoms with Crippen molar-refractivity contribution in [3.63, 3.8) is 0 Å². The molecule has 8 nitrogen and oxygen atoms in total. The van der Waals surface area contributed by atoms with Crippen molar-refractivity contribution in [2.45, 2.75) is 38.8 Å². The third-order valence-electron chi connectivity index (χ3n) is 5.78. The Kier molecular flexibility index (Phi) is 5.02. The summed E-state index contributed by atoms with van der Waals surface area (Å²) in [5.41, 5.74) is 4.20. The molecule has 5 rings (SSSR count). The number of benzene rings is 2. The third kappa shape index (κ3) is 3.46. The zero-order valence-electron chi connectivity index (χ0n) is 17.9. The van der Waals surface area contributed by atoms with Crippen LogP contribution in [-0.4, -0.2) is 40.4 Å². The standard InChI is InChI=1S/C24H22N4O4/c1-14(2)31-21-9-6-15(12-16(21)13-25)23-26-22(27-32-23)19-5-3-4-18-17(19)7-8-20(18)28-10-11-30-24(28)29/h3-6,9,12,14,20H,7-8,10-11H2,1-2H3/t20-/m1/s1. The fourth-order valence-electron chi connectivity index (χ4n) is 4.41. The number of ether oxygens (including phenoxy) is 2. The van der Waals surface area contributed by atoms with Crippen molar-refractivity contribution in [3.05, 3.63) is 53.1 Å². The van der Waals surface area contributed by atoms with E-state index in [4.69, 9.17) is 14.0 Å². The van der Waals surface area contributed by atoms with E-state index in [0.29, 0.717) is 41.7 Å². The second-order valence-corrected chi connectivity index (χ2v) is 8.15. The van der Waals surface area contributed by atoms with Gasteiger partial charge in [-0.3, -0.25) is 4.90 Å². The van der Waals surface area contributed by atoms with Crippen molar-refractivity contribution >= 4 is 6.09 Å². The highest BCUT2D eigenvalue weighted by Gasteiger charge is 2.36. The van der Waals surface area contributed by atoms with E-state index in [1.807, 2.05) is 26.0 Å². The number of rotatable bonds is 5. The van der Waals surface area contributed by atoms with Crippen molar-refractivity contribution in [3.8, 4) is 34.7 Å².